The van der Waals surface area contributed by atoms with E-state index >= 15 is 0 Å². The molecule has 5 nitrogen and oxygen atoms in total. The standard InChI is InChI=1S/C22H28N2O3S/c1-13-6-11-16-17(12-13)28-20(24-21(26)22(2,3)4)18(16)19(25)23-14-7-9-15(27-5)10-8-14/h7-10,13H,6,11-12H2,1-5H3,(H,23,25)(H,24,26)/t13-/m1/s1. The summed E-state index contributed by atoms with van der Waals surface area (Å²) in [5, 5.41) is 6.63. The third-order valence-electron chi connectivity index (χ3n) is 4.99. The predicted octanol–water partition coefficient (Wildman–Crippen LogP) is 5.12. The van der Waals surface area contributed by atoms with Crippen LogP contribution >= 0.6 is 11.3 Å². The average molecular weight is 401 g/mol. The first kappa shape index (κ1) is 20.4. The van der Waals surface area contributed by atoms with E-state index in [1.54, 1.807) is 18.4 Å². The molecule has 6 heteroatoms. The van der Waals surface area contributed by atoms with Crippen molar-refractivity contribution in [1.82, 2.24) is 0 Å². The minimum atomic E-state index is -0.526. The highest BCUT2D eigenvalue weighted by atomic mass is 32.1. The van der Waals surface area contributed by atoms with E-state index in [1.165, 1.54) is 4.88 Å². The molecule has 1 aromatic carbocycles. The number of benzene rings is 1. The van der Waals surface area contributed by atoms with Crippen LogP contribution in [0.5, 0.6) is 5.75 Å². The molecule has 2 N–H and O–H groups in total. The Morgan fingerprint density at radius 1 is 1.14 bits per heavy atom. The highest BCUT2D eigenvalue weighted by molar-refractivity contribution is 7.17. The van der Waals surface area contributed by atoms with Gasteiger partial charge in [-0.15, -0.1) is 11.3 Å². The zero-order valence-electron chi connectivity index (χ0n) is 17.1. The molecule has 0 saturated carbocycles. The van der Waals surface area contributed by atoms with Gasteiger partial charge in [0.1, 0.15) is 10.8 Å². The Morgan fingerprint density at radius 3 is 2.43 bits per heavy atom. The number of amides is 2. The average Bonchev–Trinajstić information content (AvgIpc) is 2.98. The van der Waals surface area contributed by atoms with E-state index in [1.807, 2.05) is 45.0 Å². The number of hydrogen-bond donors (Lipinski definition) is 2. The predicted molar refractivity (Wildman–Crippen MR) is 115 cm³/mol. The summed E-state index contributed by atoms with van der Waals surface area (Å²) in [6.07, 6.45) is 2.87. The molecule has 2 amide bonds. The van der Waals surface area contributed by atoms with Crippen molar-refractivity contribution in [2.75, 3.05) is 17.7 Å². The molecular formula is C22H28N2O3S. The molecule has 1 heterocycles. The Morgan fingerprint density at radius 2 is 1.82 bits per heavy atom. The van der Waals surface area contributed by atoms with Crippen molar-refractivity contribution in [2.24, 2.45) is 11.3 Å². The summed E-state index contributed by atoms with van der Waals surface area (Å²) in [5.74, 6) is 1.06. The summed E-state index contributed by atoms with van der Waals surface area (Å²) < 4.78 is 5.17. The zero-order chi connectivity index (χ0) is 20.5. The van der Waals surface area contributed by atoms with Crippen LogP contribution in [0.1, 0.15) is 54.9 Å². The number of rotatable bonds is 4. The fourth-order valence-electron chi connectivity index (χ4n) is 3.24. The SMILES string of the molecule is COc1ccc(NC(=O)c2c(NC(=O)C(C)(C)C)sc3c2CC[C@@H](C)C3)cc1. The van der Waals surface area contributed by atoms with E-state index in [9.17, 15) is 9.59 Å². The van der Waals surface area contributed by atoms with Gasteiger partial charge in [-0.1, -0.05) is 27.7 Å². The van der Waals surface area contributed by atoms with Crippen LogP contribution in [0.2, 0.25) is 0 Å². The molecule has 0 fully saturated rings. The maximum atomic E-state index is 13.1. The molecule has 0 aliphatic heterocycles. The first-order chi connectivity index (χ1) is 13.2. The molecular weight excluding hydrogens is 372 g/mol. The molecule has 0 radical (unpaired) electrons. The lowest BCUT2D eigenvalue weighted by atomic mass is 9.88. The molecule has 0 saturated heterocycles. The summed E-state index contributed by atoms with van der Waals surface area (Å²) >= 11 is 1.54. The van der Waals surface area contributed by atoms with E-state index in [2.05, 4.69) is 17.6 Å². The van der Waals surface area contributed by atoms with Crippen LogP contribution in [0.4, 0.5) is 10.7 Å². The maximum absolute atomic E-state index is 13.1. The van der Waals surface area contributed by atoms with Crippen molar-refractivity contribution in [2.45, 2.75) is 47.0 Å². The van der Waals surface area contributed by atoms with E-state index in [0.717, 1.165) is 30.6 Å². The Hall–Kier alpha value is -2.34. The van der Waals surface area contributed by atoms with Crippen molar-refractivity contribution < 1.29 is 14.3 Å². The number of thiophene rings is 1. The third-order valence-corrected chi connectivity index (χ3v) is 6.16. The first-order valence-corrected chi connectivity index (χ1v) is 10.4. The van der Waals surface area contributed by atoms with Crippen molar-refractivity contribution in [3.63, 3.8) is 0 Å². The number of carbonyl (C=O) groups excluding carboxylic acids is 2. The smallest absolute Gasteiger partial charge is 0.258 e. The summed E-state index contributed by atoms with van der Waals surface area (Å²) in [6.45, 7) is 7.84. The fraction of sp³-hybridized carbons (Fsp3) is 0.455. The molecule has 1 aromatic heterocycles. The molecule has 0 bridgehead atoms. The molecule has 0 spiro atoms. The summed E-state index contributed by atoms with van der Waals surface area (Å²) in [5.41, 5.74) is 1.86. The van der Waals surface area contributed by atoms with Crippen molar-refractivity contribution in [3.05, 3.63) is 40.3 Å². The molecule has 0 unspecified atom stereocenters. The van der Waals surface area contributed by atoms with Crippen LogP contribution < -0.4 is 15.4 Å². The normalized spacial score (nSPS) is 16.2. The van der Waals surface area contributed by atoms with Crippen LogP contribution in [0.3, 0.4) is 0 Å². The monoisotopic (exact) mass is 400 g/mol. The van der Waals surface area contributed by atoms with Gasteiger partial charge in [0.2, 0.25) is 5.91 Å². The largest absolute Gasteiger partial charge is 0.497 e. The van der Waals surface area contributed by atoms with Crippen molar-refractivity contribution >= 4 is 33.8 Å². The number of carbonyl (C=O) groups is 2. The Balaban J connectivity index is 1.92. The summed E-state index contributed by atoms with van der Waals surface area (Å²) in [6, 6.07) is 7.24. The minimum Gasteiger partial charge on any atom is -0.497 e. The second-order valence-electron chi connectivity index (χ2n) is 8.44. The highest BCUT2D eigenvalue weighted by Gasteiger charge is 2.30. The van der Waals surface area contributed by atoms with Gasteiger partial charge in [0, 0.05) is 16.0 Å². The lowest BCUT2D eigenvalue weighted by Crippen LogP contribution is -2.28. The van der Waals surface area contributed by atoms with Crippen molar-refractivity contribution in [3.8, 4) is 5.75 Å². The zero-order valence-corrected chi connectivity index (χ0v) is 18.0. The maximum Gasteiger partial charge on any atom is 0.258 e. The minimum absolute atomic E-state index is 0.0855. The van der Waals surface area contributed by atoms with Crippen LogP contribution in [0.25, 0.3) is 0 Å². The number of anilines is 2. The third kappa shape index (κ3) is 4.38. The molecule has 28 heavy (non-hydrogen) atoms. The second kappa shape index (κ2) is 7.95. The van der Waals surface area contributed by atoms with Gasteiger partial charge in [0.05, 0.1) is 12.7 Å². The van der Waals surface area contributed by atoms with Crippen LogP contribution in [0.15, 0.2) is 24.3 Å². The van der Waals surface area contributed by atoms with E-state index in [0.29, 0.717) is 22.2 Å². The van der Waals surface area contributed by atoms with Crippen LogP contribution in [-0.4, -0.2) is 18.9 Å². The second-order valence-corrected chi connectivity index (χ2v) is 9.55. The van der Waals surface area contributed by atoms with Gasteiger partial charge < -0.3 is 15.4 Å². The van der Waals surface area contributed by atoms with Gasteiger partial charge in [-0.05, 0) is 55.0 Å². The van der Waals surface area contributed by atoms with Gasteiger partial charge in [0.15, 0.2) is 0 Å². The molecule has 150 valence electrons. The molecule has 2 aromatic rings. The van der Waals surface area contributed by atoms with E-state index < -0.39 is 5.41 Å². The topological polar surface area (TPSA) is 67.4 Å². The summed E-state index contributed by atoms with van der Waals surface area (Å²) in [7, 11) is 1.61. The van der Waals surface area contributed by atoms with Crippen molar-refractivity contribution in [1.29, 1.82) is 0 Å². The Labute approximate surface area is 170 Å². The van der Waals surface area contributed by atoms with Gasteiger partial charge in [-0.3, -0.25) is 9.59 Å². The summed E-state index contributed by atoms with van der Waals surface area (Å²) in [4.78, 5) is 26.9. The number of ether oxygens (including phenoxy) is 1. The lowest BCUT2D eigenvalue weighted by molar-refractivity contribution is -0.123. The molecule has 1 aliphatic rings. The van der Waals surface area contributed by atoms with Gasteiger partial charge in [-0.2, -0.15) is 0 Å². The Kier molecular flexibility index (Phi) is 5.79. The number of nitrogens with one attached hydrogen (secondary N) is 2. The number of fused-ring (bicyclic) bond motifs is 1. The van der Waals surface area contributed by atoms with E-state index in [-0.39, 0.29) is 11.8 Å². The molecule has 1 atom stereocenters. The van der Waals surface area contributed by atoms with Crippen LogP contribution in [-0.2, 0) is 17.6 Å². The van der Waals surface area contributed by atoms with Gasteiger partial charge >= 0.3 is 0 Å². The Bertz CT molecular complexity index is 878. The highest BCUT2D eigenvalue weighted by Crippen LogP contribution is 2.40. The first-order valence-electron chi connectivity index (χ1n) is 9.60. The van der Waals surface area contributed by atoms with Crippen LogP contribution in [0, 0.1) is 11.3 Å². The van der Waals surface area contributed by atoms with E-state index in [4.69, 9.17) is 4.74 Å². The number of hydrogen-bond acceptors (Lipinski definition) is 4. The molecule has 3 rings (SSSR count). The van der Waals surface area contributed by atoms with Gasteiger partial charge in [-0.25, -0.2) is 0 Å². The number of methoxy groups -OCH3 is 1. The van der Waals surface area contributed by atoms with Gasteiger partial charge in [0.25, 0.3) is 5.91 Å². The fourth-order valence-corrected chi connectivity index (χ4v) is 4.64. The molecule has 1 aliphatic carbocycles. The lowest BCUT2D eigenvalue weighted by Gasteiger charge is -2.19. The quantitative estimate of drug-likeness (QED) is 0.749.